The van der Waals surface area contributed by atoms with Gasteiger partial charge in [-0.05, 0) is 16.7 Å². The Bertz CT molecular complexity index is 823. The van der Waals surface area contributed by atoms with Gasteiger partial charge in [-0.25, -0.2) is 0 Å². The van der Waals surface area contributed by atoms with Crippen molar-refractivity contribution < 1.29 is 17.8 Å². The molecule has 2 heterocycles. The Morgan fingerprint density at radius 2 is 1.28 bits per heavy atom. The second-order valence-corrected chi connectivity index (χ2v) is 7.75. The van der Waals surface area contributed by atoms with Crippen LogP contribution >= 0.6 is 12.3 Å². The van der Waals surface area contributed by atoms with Gasteiger partial charge in [-0.15, -0.1) is 0 Å². The van der Waals surface area contributed by atoms with Gasteiger partial charge in [0, 0.05) is 0 Å². The molecule has 0 spiro atoms. The number of ether oxygens (including phenoxy) is 2. The Balaban J connectivity index is 1.58. The summed E-state index contributed by atoms with van der Waals surface area (Å²) in [6.07, 6.45) is -0.321. The van der Waals surface area contributed by atoms with Gasteiger partial charge in [-0.2, -0.15) is 0 Å². The van der Waals surface area contributed by atoms with Crippen molar-refractivity contribution in [1.29, 1.82) is 0 Å². The van der Waals surface area contributed by atoms with E-state index in [9.17, 15) is 0 Å². The summed E-state index contributed by atoms with van der Waals surface area (Å²) < 4.78 is 23.9. The highest BCUT2D eigenvalue weighted by Crippen LogP contribution is 2.42. The fraction of sp³-hybridized carbons (Fsp3) is 0.250. The molecule has 0 aliphatic carbocycles. The van der Waals surface area contributed by atoms with E-state index in [2.05, 4.69) is 36.4 Å². The predicted molar refractivity (Wildman–Crippen MR) is 112 cm³/mol. The molecule has 3 aromatic rings. The molecule has 29 heavy (non-hydrogen) atoms. The van der Waals surface area contributed by atoms with Crippen LogP contribution in [0.1, 0.15) is 16.7 Å². The van der Waals surface area contributed by atoms with E-state index in [1.807, 2.05) is 54.6 Å². The molecule has 0 amide bonds. The third kappa shape index (κ3) is 3.50. The lowest BCUT2D eigenvalue weighted by atomic mass is 9.80. The monoisotopic (exact) mass is 406 g/mol. The van der Waals surface area contributed by atoms with Crippen LogP contribution in [0.3, 0.4) is 0 Å². The average molecular weight is 407 g/mol. The highest BCUT2D eigenvalue weighted by atomic mass is 32.2. The zero-order valence-electron chi connectivity index (χ0n) is 15.8. The van der Waals surface area contributed by atoms with Crippen LogP contribution in [-0.2, 0) is 23.4 Å². The van der Waals surface area contributed by atoms with Gasteiger partial charge in [0.25, 0.3) is 0 Å². The van der Waals surface area contributed by atoms with Gasteiger partial charge in [0.05, 0.1) is 13.2 Å². The van der Waals surface area contributed by atoms with Crippen LogP contribution in [0.15, 0.2) is 91.0 Å². The summed E-state index contributed by atoms with van der Waals surface area (Å²) in [5, 5.41) is 0. The fourth-order valence-electron chi connectivity index (χ4n) is 4.09. The van der Waals surface area contributed by atoms with Crippen molar-refractivity contribution >= 4 is 12.3 Å². The van der Waals surface area contributed by atoms with E-state index in [0.717, 1.165) is 29.0 Å². The molecule has 5 rings (SSSR count). The van der Waals surface area contributed by atoms with Gasteiger partial charge in [0.2, 0.25) is 0 Å². The Hall–Kier alpha value is -2.15. The lowest BCUT2D eigenvalue weighted by Crippen LogP contribution is -2.39. The Morgan fingerprint density at radius 3 is 1.79 bits per heavy atom. The van der Waals surface area contributed by atoms with E-state index in [1.165, 1.54) is 0 Å². The van der Waals surface area contributed by atoms with Crippen molar-refractivity contribution in [2.45, 2.75) is 23.9 Å². The van der Waals surface area contributed by atoms with Crippen molar-refractivity contribution in [1.82, 2.24) is 0 Å². The van der Waals surface area contributed by atoms with Gasteiger partial charge >= 0.3 is 0 Å². The molecule has 4 nitrogen and oxygen atoms in total. The van der Waals surface area contributed by atoms with Crippen LogP contribution < -0.4 is 0 Å². The lowest BCUT2D eigenvalue weighted by molar-refractivity contribution is -0.0632. The second kappa shape index (κ2) is 8.30. The second-order valence-electron chi connectivity index (χ2n) is 7.23. The van der Waals surface area contributed by atoms with Crippen molar-refractivity contribution in [3.63, 3.8) is 0 Å². The number of rotatable bonds is 6. The van der Waals surface area contributed by atoms with E-state index in [1.54, 1.807) is 0 Å². The summed E-state index contributed by atoms with van der Waals surface area (Å²) >= 11 is 1.06. The van der Waals surface area contributed by atoms with Gasteiger partial charge in [-0.1, -0.05) is 91.0 Å². The first-order valence-electron chi connectivity index (χ1n) is 9.79. The van der Waals surface area contributed by atoms with Gasteiger partial charge < -0.3 is 9.47 Å². The normalized spacial score (nSPS) is 23.8. The minimum absolute atomic E-state index is 0.0341. The summed E-state index contributed by atoms with van der Waals surface area (Å²) in [7, 11) is 0. The molecule has 2 fully saturated rings. The molecule has 5 heteroatoms. The molecule has 0 bridgehead atoms. The first kappa shape index (κ1) is 18.9. The maximum atomic E-state index is 6.81. The van der Waals surface area contributed by atoms with E-state index >= 15 is 0 Å². The van der Waals surface area contributed by atoms with Gasteiger partial charge in [0.1, 0.15) is 23.9 Å². The summed E-state index contributed by atoms with van der Waals surface area (Å²) in [5.74, 6) is 0. The summed E-state index contributed by atoms with van der Waals surface area (Å²) in [6, 6.07) is 31.0. The van der Waals surface area contributed by atoms with Crippen LogP contribution in [0.4, 0.5) is 0 Å². The molecular formula is C24H22O4S. The van der Waals surface area contributed by atoms with Crippen LogP contribution in [0.25, 0.3) is 0 Å². The van der Waals surface area contributed by atoms with E-state index in [-0.39, 0.29) is 18.3 Å². The number of hydrogen-bond acceptors (Lipinski definition) is 5. The molecule has 0 N–H and O–H groups in total. The zero-order valence-corrected chi connectivity index (χ0v) is 16.7. The Kier molecular flexibility index (Phi) is 5.40. The minimum atomic E-state index is -0.752. The average Bonchev–Trinajstić information content (AvgIpc) is 3.41. The van der Waals surface area contributed by atoms with Crippen LogP contribution in [-0.4, -0.2) is 31.5 Å². The highest BCUT2D eigenvalue weighted by molar-refractivity contribution is 7.90. The molecule has 3 atom stereocenters. The van der Waals surface area contributed by atoms with Crippen LogP contribution in [0.2, 0.25) is 0 Å². The first-order valence-corrected chi connectivity index (χ1v) is 10.5. The largest absolute Gasteiger partial charge is 0.370 e. The molecular weight excluding hydrogens is 384 g/mol. The number of fused-ring (bicyclic) bond motifs is 1. The van der Waals surface area contributed by atoms with Crippen LogP contribution in [0, 0.1) is 0 Å². The predicted octanol–water partition coefficient (Wildman–Crippen LogP) is 4.74. The van der Waals surface area contributed by atoms with Crippen molar-refractivity contribution in [3.05, 3.63) is 108 Å². The molecule has 148 valence electrons. The molecule has 2 aliphatic rings. The molecule has 3 unspecified atom stereocenters. The first-order chi connectivity index (χ1) is 14.4. The molecule has 0 radical (unpaired) electrons. The summed E-state index contributed by atoms with van der Waals surface area (Å²) in [5.41, 5.74) is 2.47. The topological polar surface area (TPSA) is 36.9 Å². The summed E-state index contributed by atoms with van der Waals surface area (Å²) in [6.45, 7) is 0.921. The SMILES string of the molecule is c1ccc(C(OCC2OCC3OSOC23)(c2ccccc2)c2ccccc2)cc1. The van der Waals surface area contributed by atoms with Crippen molar-refractivity contribution in [3.8, 4) is 0 Å². The van der Waals surface area contributed by atoms with Crippen molar-refractivity contribution in [2.75, 3.05) is 13.2 Å². The van der Waals surface area contributed by atoms with E-state index < -0.39 is 5.60 Å². The van der Waals surface area contributed by atoms with Gasteiger partial charge in [0.15, 0.2) is 12.3 Å². The van der Waals surface area contributed by atoms with Crippen molar-refractivity contribution in [2.24, 2.45) is 0 Å². The van der Waals surface area contributed by atoms with Gasteiger partial charge in [-0.3, -0.25) is 8.37 Å². The maximum absolute atomic E-state index is 6.81. The molecule has 2 aliphatic heterocycles. The Labute approximate surface area is 175 Å². The Morgan fingerprint density at radius 1 is 0.759 bits per heavy atom. The fourth-order valence-corrected chi connectivity index (χ4v) is 4.74. The lowest BCUT2D eigenvalue weighted by Gasteiger charge is -2.37. The molecule has 0 saturated carbocycles. The molecule has 0 aromatic heterocycles. The number of benzene rings is 3. The van der Waals surface area contributed by atoms with E-state index in [4.69, 9.17) is 17.8 Å². The van der Waals surface area contributed by atoms with Crippen LogP contribution in [0.5, 0.6) is 0 Å². The third-order valence-corrected chi connectivity index (χ3v) is 6.15. The standard InChI is InChI=1S/C24H22O4S/c1-4-10-18(11-5-1)24(19-12-6-2-7-13-19,20-14-8-3-9-15-20)26-17-21-23-22(16-25-21)27-29-28-23/h1-15,21-23H,16-17H2. The minimum Gasteiger partial charge on any atom is -0.370 e. The summed E-state index contributed by atoms with van der Waals surface area (Å²) in [4.78, 5) is 0. The van der Waals surface area contributed by atoms with E-state index in [0.29, 0.717) is 13.2 Å². The zero-order chi connectivity index (χ0) is 19.5. The smallest absolute Gasteiger partial charge is 0.159 e. The number of hydrogen-bond donors (Lipinski definition) is 0. The molecule has 2 saturated heterocycles. The molecule has 3 aromatic carbocycles. The maximum Gasteiger partial charge on any atom is 0.159 e. The quantitative estimate of drug-likeness (QED) is 0.437. The third-order valence-electron chi connectivity index (χ3n) is 5.53. The highest BCUT2D eigenvalue weighted by Gasteiger charge is 2.46.